The molecule has 1 unspecified atom stereocenters. The fourth-order valence-electron chi connectivity index (χ4n) is 2.38. The average Bonchev–Trinajstić information content (AvgIpc) is 2.47. The van der Waals surface area contributed by atoms with Gasteiger partial charge in [0.15, 0.2) is 0 Å². The predicted octanol–water partition coefficient (Wildman–Crippen LogP) is 1.46. The number of rotatable bonds is 6. The minimum absolute atomic E-state index is 0.118. The highest BCUT2D eigenvalue weighted by molar-refractivity contribution is 5.78. The molecule has 4 heteroatoms. The van der Waals surface area contributed by atoms with Crippen LogP contribution in [0, 0.1) is 0 Å². The lowest BCUT2D eigenvalue weighted by Crippen LogP contribution is -2.45. The molecule has 1 aliphatic rings. The van der Waals surface area contributed by atoms with E-state index in [1.165, 1.54) is 5.56 Å². The van der Waals surface area contributed by atoms with Gasteiger partial charge in [-0.3, -0.25) is 9.69 Å². The van der Waals surface area contributed by atoms with Crippen LogP contribution < -0.4 is 5.32 Å². The van der Waals surface area contributed by atoms with Crippen LogP contribution in [-0.4, -0.2) is 49.7 Å². The Kier molecular flexibility index (Phi) is 6.02. The lowest BCUT2D eigenvalue weighted by Gasteiger charge is -2.26. The van der Waals surface area contributed by atoms with Gasteiger partial charge in [0.1, 0.15) is 0 Å². The van der Waals surface area contributed by atoms with Gasteiger partial charge >= 0.3 is 0 Å². The SMILES string of the molecule is CC(CCc1ccccc1)NC(=O)CN1CCOCC1. The Bertz CT molecular complexity index is 402. The molecule has 0 saturated carbocycles. The molecule has 0 spiro atoms. The van der Waals surface area contributed by atoms with E-state index in [1.54, 1.807) is 0 Å². The van der Waals surface area contributed by atoms with Crippen LogP contribution in [0.2, 0.25) is 0 Å². The van der Waals surface area contributed by atoms with Crippen molar-refractivity contribution in [3.8, 4) is 0 Å². The van der Waals surface area contributed by atoms with Crippen molar-refractivity contribution in [3.63, 3.8) is 0 Å². The first kappa shape index (κ1) is 15.0. The number of amides is 1. The minimum atomic E-state index is 0.118. The Morgan fingerprint density at radius 1 is 1.30 bits per heavy atom. The topological polar surface area (TPSA) is 41.6 Å². The van der Waals surface area contributed by atoms with E-state index >= 15 is 0 Å². The Hall–Kier alpha value is -1.39. The largest absolute Gasteiger partial charge is 0.379 e. The quantitative estimate of drug-likeness (QED) is 0.855. The fraction of sp³-hybridized carbons (Fsp3) is 0.562. The maximum Gasteiger partial charge on any atom is 0.234 e. The molecular weight excluding hydrogens is 252 g/mol. The van der Waals surface area contributed by atoms with Crippen LogP contribution >= 0.6 is 0 Å². The highest BCUT2D eigenvalue weighted by Gasteiger charge is 2.15. The van der Waals surface area contributed by atoms with Crippen molar-refractivity contribution in [3.05, 3.63) is 35.9 Å². The highest BCUT2D eigenvalue weighted by Crippen LogP contribution is 2.05. The number of carbonyl (C=O) groups excluding carboxylic acids is 1. The predicted molar refractivity (Wildman–Crippen MR) is 79.6 cm³/mol. The lowest BCUT2D eigenvalue weighted by molar-refractivity contribution is -0.123. The standard InChI is InChI=1S/C16H24N2O2/c1-14(7-8-15-5-3-2-4-6-15)17-16(19)13-18-9-11-20-12-10-18/h2-6,14H,7-13H2,1H3,(H,17,19). The summed E-state index contributed by atoms with van der Waals surface area (Å²) in [5, 5.41) is 3.08. The summed E-state index contributed by atoms with van der Waals surface area (Å²) in [6, 6.07) is 10.6. The molecule has 1 fully saturated rings. The zero-order chi connectivity index (χ0) is 14.2. The zero-order valence-electron chi connectivity index (χ0n) is 12.2. The molecule has 1 atom stereocenters. The molecule has 1 saturated heterocycles. The zero-order valence-corrected chi connectivity index (χ0v) is 12.2. The minimum Gasteiger partial charge on any atom is -0.379 e. The first-order valence-electron chi connectivity index (χ1n) is 7.37. The van der Waals surface area contributed by atoms with Gasteiger partial charge in [-0.05, 0) is 25.3 Å². The molecule has 110 valence electrons. The molecule has 1 heterocycles. The van der Waals surface area contributed by atoms with E-state index in [0.717, 1.165) is 39.1 Å². The summed E-state index contributed by atoms with van der Waals surface area (Å²) in [5.41, 5.74) is 1.32. The monoisotopic (exact) mass is 276 g/mol. The molecule has 2 rings (SSSR count). The third-order valence-electron chi connectivity index (χ3n) is 3.59. The highest BCUT2D eigenvalue weighted by atomic mass is 16.5. The molecule has 1 aromatic rings. The number of morpholine rings is 1. The number of benzene rings is 1. The molecule has 1 aliphatic heterocycles. The molecule has 1 aromatic carbocycles. The number of hydrogen-bond acceptors (Lipinski definition) is 3. The van der Waals surface area contributed by atoms with Crippen LogP contribution in [-0.2, 0) is 16.0 Å². The van der Waals surface area contributed by atoms with E-state index in [0.29, 0.717) is 6.54 Å². The van der Waals surface area contributed by atoms with Crippen LogP contribution in [0.3, 0.4) is 0 Å². The second-order valence-corrected chi connectivity index (χ2v) is 5.38. The van der Waals surface area contributed by atoms with Crippen molar-refractivity contribution in [2.24, 2.45) is 0 Å². The maximum atomic E-state index is 11.9. The van der Waals surface area contributed by atoms with Crippen LogP contribution in [0.4, 0.5) is 0 Å². The number of hydrogen-bond donors (Lipinski definition) is 1. The van der Waals surface area contributed by atoms with Gasteiger partial charge in [-0.15, -0.1) is 0 Å². The van der Waals surface area contributed by atoms with Crippen molar-refractivity contribution in [2.75, 3.05) is 32.8 Å². The van der Waals surface area contributed by atoms with Gasteiger partial charge in [-0.2, -0.15) is 0 Å². The van der Waals surface area contributed by atoms with Gasteiger partial charge in [0.25, 0.3) is 0 Å². The molecule has 0 bridgehead atoms. The third kappa shape index (κ3) is 5.31. The number of nitrogens with zero attached hydrogens (tertiary/aromatic N) is 1. The van der Waals surface area contributed by atoms with Crippen molar-refractivity contribution < 1.29 is 9.53 Å². The van der Waals surface area contributed by atoms with Crippen LogP contribution in [0.1, 0.15) is 18.9 Å². The van der Waals surface area contributed by atoms with Gasteiger partial charge in [0.2, 0.25) is 5.91 Å². The number of ether oxygens (including phenoxy) is 1. The van der Waals surface area contributed by atoms with Crippen LogP contribution in [0.5, 0.6) is 0 Å². The maximum absolute atomic E-state index is 11.9. The Labute approximate surface area is 121 Å². The molecule has 4 nitrogen and oxygen atoms in total. The van der Waals surface area contributed by atoms with Crippen molar-refractivity contribution in [2.45, 2.75) is 25.8 Å². The molecular formula is C16H24N2O2. The van der Waals surface area contributed by atoms with E-state index in [1.807, 2.05) is 6.07 Å². The van der Waals surface area contributed by atoms with E-state index in [2.05, 4.69) is 41.4 Å². The van der Waals surface area contributed by atoms with Crippen molar-refractivity contribution >= 4 is 5.91 Å². The molecule has 0 aliphatic carbocycles. The summed E-state index contributed by atoms with van der Waals surface area (Å²) in [4.78, 5) is 14.1. The first-order chi connectivity index (χ1) is 9.74. The van der Waals surface area contributed by atoms with E-state index in [9.17, 15) is 4.79 Å². The second kappa shape index (κ2) is 8.02. The van der Waals surface area contributed by atoms with E-state index < -0.39 is 0 Å². The van der Waals surface area contributed by atoms with Crippen molar-refractivity contribution in [1.29, 1.82) is 0 Å². The molecule has 0 radical (unpaired) electrons. The Balaban J connectivity index is 1.65. The van der Waals surface area contributed by atoms with Crippen LogP contribution in [0.25, 0.3) is 0 Å². The summed E-state index contributed by atoms with van der Waals surface area (Å²) in [7, 11) is 0. The third-order valence-corrected chi connectivity index (χ3v) is 3.59. The smallest absolute Gasteiger partial charge is 0.234 e. The van der Waals surface area contributed by atoms with Gasteiger partial charge in [0.05, 0.1) is 19.8 Å². The average molecular weight is 276 g/mol. The summed E-state index contributed by atoms with van der Waals surface area (Å²) < 4.78 is 5.28. The lowest BCUT2D eigenvalue weighted by atomic mass is 10.1. The molecule has 1 N–H and O–H groups in total. The summed E-state index contributed by atoms with van der Waals surface area (Å²) >= 11 is 0. The number of aryl methyl sites for hydroxylation is 1. The van der Waals surface area contributed by atoms with Gasteiger partial charge in [-0.1, -0.05) is 30.3 Å². The molecule has 1 amide bonds. The van der Waals surface area contributed by atoms with E-state index in [-0.39, 0.29) is 11.9 Å². The summed E-state index contributed by atoms with van der Waals surface area (Å²) in [5.74, 6) is 0.118. The van der Waals surface area contributed by atoms with Gasteiger partial charge in [-0.25, -0.2) is 0 Å². The Morgan fingerprint density at radius 3 is 2.70 bits per heavy atom. The fourth-order valence-corrected chi connectivity index (χ4v) is 2.38. The molecule has 0 aromatic heterocycles. The Morgan fingerprint density at radius 2 is 2.00 bits per heavy atom. The first-order valence-corrected chi connectivity index (χ1v) is 7.37. The summed E-state index contributed by atoms with van der Waals surface area (Å²) in [6.07, 6.45) is 1.97. The van der Waals surface area contributed by atoms with Gasteiger partial charge < -0.3 is 10.1 Å². The molecule has 20 heavy (non-hydrogen) atoms. The van der Waals surface area contributed by atoms with Gasteiger partial charge in [0, 0.05) is 19.1 Å². The second-order valence-electron chi connectivity index (χ2n) is 5.38. The number of nitrogens with one attached hydrogen (secondary N) is 1. The van der Waals surface area contributed by atoms with E-state index in [4.69, 9.17) is 4.74 Å². The van der Waals surface area contributed by atoms with Crippen LogP contribution in [0.15, 0.2) is 30.3 Å². The normalized spacial score (nSPS) is 17.6. The number of carbonyl (C=O) groups is 1. The van der Waals surface area contributed by atoms with Crippen molar-refractivity contribution in [1.82, 2.24) is 10.2 Å². The summed E-state index contributed by atoms with van der Waals surface area (Å²) in [6.45, 7) is 5.73.